The first kappa shape index (κ1) is 11.9. The molecule has 2 aliphatic heterocycles. The summed E-state index contributed by atoms with van der Waals surface area (Å²) in [5.41, 5.74) is -0.211. The Labute approximate surface area is 97.3 Å². The van der Waals surface area contributed by atoms with Crippen LogP contribution in [-0.2, 0) is 9.53 Å². The molecule has 2 aliphatic rings. The average Bonchev–Trinajstić information content (AvgIpc) is 2.86. The summed E-state index contributed by atoms with van der Waals surface area (Å²) in [5.74, 6) is 0.264. The van der Waals surface area contributed by atoms with Gasteiger partial charge in [-0.25, -0.2) is 0 Å². The molecule has 2 fully saturated rings. The van der Waals surface area contributed by atoms with Crippen molar-refractivity contribution in [2.45, 2.75) is 38.8 Å². The molecule has 0 aromatic carbocycles. The lowest BCUT2D eigenvalue weighted by Crippen LogP contribution is -2.48. The molecule has 2 rings (SSSR count). The van der Waals surface area contributed by atoms with Gasteiger partial charge in [-0.1, -0.05) is 0 Å². The lowest BCUT2D eigenvalue weighted by molar-refractivity contribution is -0.142. The highest BCUT2D eigenvalue weighted by molar-refractivity contribution is 5.83. The summed E-state index contributed by atoms with van der Waals surface area (Å²) in [5, 5.41) is 3.27. The van der Waals surface area contributed by atoms with Crippen LogP contribution in [0.15, 0.2) is 0 Å². The van der Waals surface area contributed by atoms with Crippen molar-refractivity contribution in [2.24, 2.45) is 5.41 Å². The van der Waals surface area contributed by atoms with E-state index >= 15 is 0 Å². The third kappa shape index (κ3) is 1.96. The number of ether oxygens (including phenoxy) is 1. The summed E-state index contributed by atoms with van der Waals surface area (Å²) in [7, 11) is 1.92. The highest BCUT2D eigenvalue weighted by atomic mass is 16.5. The zero-order valence-electron chi connectivity index (χ0n) is 10.5. The van der Waals surface area contributed by atoms with Crippen LogP contribution in [0.2, 0.25) is 0 Å². The normalized spacial score (nSPS) is 38.9. The molecule has 4 nitrogen and oxygen atoms in total. The van der Waals surface area contributed by atoms with Crippen LogP contribution in [-0.4, -0.2) is 49.7 Å². The highest BCUT2D eigenvalue weighted by Crippen LogP contribution is 2.29. The van der Waals surface area contributed by atoms with E-state index in [1.807, 2.05) is 11.9 Å². The Morgan fingerprint density at radius 1 is 1.56 bits per heavy atom. The maximum Gasteiger partial charge on any atom is 0.229 e. The van der Waals surface area contributed by atoms with E-state index in [1.165, 1.54) is 0 Å². The second-order valence-corrected chi connectivity index (χ2v) is 5.34. The van der Waals surface area contributed by atoms with Gasteiger partial charge in [0, 0.05) is 20.2 Å². The van der Waals surface area contributed by atoms with Crippen LogP contribution in [0.5, 0.6) is 0 Å². The van der Waals surface area contributed by atoms with Crippen LogP contribution < -0.4 is 5.32 Å². The van der Waals surface area contributed by atoms with Gasteiger partial charge < -0.3 is 15.0 Å². The topological polar surface area (TPSA) is 41.6 Å². The summed E-state index contributed by atoms with van der Waals surface area (Å²) >= 11 is 0. The Bertz CT molecular complexity index is 274. The minimum atomic E-state index is -0.211. The third-order valence-corrected chi connectivity index (χ3v) is 4.04. The van der Waals surface area contributed by atoms with Gasteiger partial charge in [0.2, 0.25) is 5.91 Å². The number of nitrogens with one attached hydrogen (secondary N) is 1. The van der Waals surface area contributed by atoms with Gasteiger partial charge in [-0.15, -0.1) is 0 Å². The molecule has 0 aliphatic carbocycles. The molecule has 1 N–H and O–H groups in total. The van der Waals surface area contributed by atoms with Gasteiger partial charge in [0.05, 0.1) is 17.6 Å². The van der Waals surface area contributed by atoms with E-state index < -0.39 is 0 Å². The first-order valence-corrected chi connectivity index (χ1v) is 6.14. The van der Waals surface area contributed by atoms with Gasteiger partial charge in [-0.2, -0.15) is 0 Å². The van der Waals surface area contributed by atoms with E-state index in [0.29, 0.717) is 0 Å². The van der Waals surface area contributed by atoms with Crippen LogP contribution >= 0.6 is 0 Å². The molecule has 3 unspecified atom stereocenters. The van der Waals surface area contributed by atoms with E-state index in [0.717, 1.165) is 32.5 Å². The number of hydrogen-bond acceptors (Lipinski definition) is 3. The van der Waals surface area contributed by atoms with Crippen LogP contribution in [0.3, 0.4) is 0 Å². The zero-order valence-corrected chi connectivity index (χ0v) is 10.5. The molecule has 4 heteroatoms. The number of likely N-dealkylation sites (N-methyl/N-ethyl adjacent to an activating group) is 1. The van der Waals surface area contributed by atoms with Crippen molar-refractivity contribution in [3.8, 4) is 0 Å². The predicted molar refractivity (Wildman–Crippen MR) is 62.2 cm³/mol. The molecule has 0 bridgehead atoms. The van der Waals surface area contributed by atoms with Gasteiger partial charge >= 0.3 is 0 Å². The smallest absolute Gasteiger partial charge is 0.229 e. The molecule has 92 valence electrons. The number of rotatable bonds is 2. The summed E-state index contributed by atoms with van der Waals surface area (Å²) in [6, 6.07) is 0.255. The largest absolute Gasteiger partial charge is 0.376 e. The quantitative estimate of drug-likeness (QED) is 0.750. The van der Waals surface area contributed by atoms with Gasteiger partial charge in [0.15, 0.2) is 0 Å². The van der Waals surface area contributed by atoms with Crippen molar-refractivity contribution in [3.63, 3.8) is 0 Å². The second kappa shape index (κ2) is 4.34. The highest BCUT2D eigenvalue weighted by Gasteiger charge is 2.41. The minimum Gasteiger partial charge on any atom is -0.376 e. The average molecular weight is 226 g/mol. The van der Waals surface area contributed by atoms with Crippen LogP contribution in [0.1, 0.15) is 26.7 Å². The lowest BCUT2D eigenvalue weighted by atomic mass is 9.87. The first-order valence-electron chi connectivity index (χ1n) is 6.14. The monoisotopic (exact) mass is 226 g/mol. The zero-order chi connectivity index (χ0) is 11.8. The molecule has 3 atom stereocenters. The molecule has 1 amide bonds. The number of carbonyl (C=O) groups is 1. The molecule has 0 aromatic rings. The maximum absolute atomic E-state index is 12.4. The van der Waals surface area contributed by atoms with Crippen molar-refractivity contribution in [1.82, 2.24) is 10.2 Å². The van der Waals surface area contributed by atoms with Gasteiger partial charge in [-0.05, 0) is 33.2 Å². The van der Waals surface area contributed by atoms with Crippen molar-refractivity contribution in [2.75, 3.05) is 26.7 Å². The number of nitrogens with zero attached hydrogens (tertiary/aromatic N) is 1. The maximum atomic E-state index is 12.4. The number of hydrogen-bond donors (Lipinski definition) is 1. The molecule has 2 heterocycles. The molecule has 0 saturated carbocycles. The standard InChI is InChI=1S/C12H22N2O2/c1-9-10(4-7-16-9)14(3)11(15)12(2)5-6-13-8-12/h9-10,13H,4-8H2,1-3H3. The van der Waals surface area contributed by atoms with Crippen molar-refractivity contribution in [1.29, 1.82) is 0 Å². The Kier molecular flexibility index (Phi) is 3.22. The Morgan fingerprint density at radius 3 is 2.81 bits per heavy atom. The minimum absolute atomic E-state index is 0.173. The molecular formula is C12H22N2O2. The number of carbonyl (C=O) groups excluding carboxylic acids is 1. The SMILES string of the molecule is CC1OCCC1N(C)C(=O)C1(C)CCNC1. The predicted octanol–water partition coefficient (Wildman–Crippen LogP) is 0.622. The van der Waals surface area contributed by atoms with E-state index in [-0.39, 0.29) is 23.5 Å². The summed E-state index contributed by atoms with van der Waals surface area (Å²) < 4.78 is 5.52. The molecule has 0 spiro atoms. The van der Waals surface area contributed by atoms with Crippen LogP contribution in [0.4, 0.5) is 0 Å². The van der Waals surface area contributed by atoms with E-state index in [9.17, 15) is 4.79 Å². The Morgan fingerprint density at radius 2 is 2.31 bits per heavy atom. The lowest BCUT2D eigenvalue weighted by Gasteiger charge is -2.33. The van der Waals surface area contributed by atoms with E-state index in [2.05, 4.69) is 19.2 Å². The fourth-order valence-corrected chi connectivity index (χ4v) is 2.80. The van der Waals surface area contributed by atoms with Crippen LogP contribution in [0, 0.1) is 5.41 Å². The molecule has 2 saturated heterocycles. The van der Waals surface area contributed by atoms with Crippen molar-refractivity contribution >= 4 is 5.91 Å². The fraction of sp³-hybridized carbons (Fsp3) is 0.917. The van der Waals surface area contributed by atoms with Crippen molar-refractivity contribution < 1.29 is 9.53 Å². The van der Waals surface area contributed by atoms with Gasteiger partial charge in [-0.3, -0.25) is 4.79 Å². The molecule has 0 aromatic heterocycles. The van der Waals surface area contributed by atoms with Gasteiger partial charge in [0.1, 0.15) is 0 Å². The Hall–Kier alpha value is -0.610. The fourth-order valence-electron chi connectivity index (χ4n) is 2.80. The first-order chi connectivity index (χ1) is 7.54. The summed E-state index contributed by atoms with van der Waals surface area (Å²) in [6.07, 6.45) is 2.08. The van der Waals surface area contributed by atoms with E-state index in [1.54, 1.807) is 0 Å². The summed E-state index contributed by atoms with van der Waals surface area (Å²) in [6.45, 7) is 6.65. The van der Waals surface area contributed by atoms with E-state index in [4.69, 9.17) is 4.74 Å². The Balaban J connectivity index is 2.03. The van der Waals surface area contributed by atoms with Gasteiger partial charge in [0.25, 0.3) is 0 Å². The molecular weight excluding hydrogens is 204 g/mol. The number of amides is 1. The van der Waals surface area contributed by atoms with Crippen LogP contribution in [0.25, 0.3) is 0 Å². The van der Waals surface area contributed by atoms with Crippen molar-refractivity contribution in [3.05, 3.63) is 0 Å². The second-order valence-electron chi connectivity index (χ2n) is 5.34. The molecule has 0 radical (unpaired) electrons. The third-order valence-electron chi connectivity index (χ3n) is 4.04. The summed E-state index contributed by atoms with van der Waals surface area (Å²) in [4.78, 5) is 14.3. The molecule has 16 heavy (non-hydrogen) atoms.